The molecule has 2 atom stereocenters. The lowest BCUT2D eigenvalue weighted by molar-refractivity contribution is -0.125. The molecule has 2 fully saturated rings. The largest absolute Gasteiger partial charge is 0.490 e. The molecule has 1 aliphatic carbocycles. The van der Waals surface area contributed by atoms with E-state index in [-0.39, 0.29) is 43.0 Å². The van der Waals surface area contributed by atoms with Gasteiger partial charge in [0.1, 0.15) is 24.0 Å². The lowest BCUT2D eigenvalue weighted by Gasteiger charge is -2.27. The van der Waals surface area contributed by atoms with Crippen LogP contribution in [0.2, 0.25) is 0 Å². The van der Waals surface area contributed by atoms with Crippen LogP contribution in [0.3, 0.4) is 0 Å². The highest BCUT2D eigenvalue weighted by atomic mass is 32.2. The number of carbonyl (C=O) groups is 5. The van der Waals surface area contributed by atoms with E-state index in [1.54, 1.807) is 43.9 Å². The number of likely N-dealkylation sites (tertiary alicyclic amines) is 1. The summed E-state index contributed by atoms with van der Waals surface area (Å²) in [6, 6.07) is 21.0. The second kappa shape index (κ2) is 17.3. The second-order valence-corrected chi connectivity index (χ2v) is 15.8. The summed E-state index contributed by atoms with van der Waals surface area (Å²) >= 11 is 1.38. The first-order valence-corrected chi connectivity index (χ1v) is 19.3. The Bertz CT molecular complexity index is 1830. The average Bonchev–Trinajstić information content (AvgIpc) is 3.85. The Kier molecular flexibility index (Phi) is 12.3. The molecule has 3 aromatic carbocycles. The van der Waals surface area contributed by atoms with Gasteiger partial charge in [-0.15, -0.1) is 11.8 Å². The highest BCUT2D eigenvalue weighted by molar-refractivity contribution is 7.99. The molecule has 0 radical (unpaired) electrons. The Morgan fingerprint density at radius 1 is 0.889 bits per heavy atom. The minimum atomic E-state index is -0.902. The molecule has 1 unspecified atom stereocenters. The number of anilines is 1. The molecule has 54 heavy (non-hydrogen) atoms. The van der Waals surface area contributed by atoms with E-state index >= 15 is 0 Å². The molecular weight excluding hydrogens is 711 g/mol. The van der Waals surface area contributed by atoms with Crippen molar-refractivity contribution in [1.82, 2.24) is 21.1 Å². The van der Waals surface area contributed by atoms with Gasteiger partial charge in [-0.3, -0.25) is 25.2 Å². The number of carbonyl (C=O) groups excluding carboxylic acids is 5. The molecule has 2 aliphatic heterocycles. The van der Waals surface area contributed by atoms with Gasteiger partial charge in [0, 0.05) is 29.3 Å². The fourth-order valence-electron chi connectivity index (χ4n) is 6.56. The Morgan fingerprint density at radius 2 is 1.63 bits per heavy atom. The summed E-state index contributed by atoms with van der Waals surface area (Å²) in [5, 5.41) is 2.73. The molecular formula is C40H47N5O8S. The number of amides is 5. The van der Waals surface area contributed by atoms with Gasteiger partial charge in [0.15, 0.2) is 0 Å². The highest BCUT2D eigenvalue weighted by Crippen LogP contribution is 2.37. The van der Waals surface area contributed by atoms with Crippen LogP contribution in [0.25, 0.3) is 0 Å². The lowest BCUT2D eigenvalue weighted by Crippen LogP contribution is -2.50. The van der Waals surface area contributed by atoms with Crippen molar-refractivity contribution in [3.63, 3.8) is 0 Å². The molecule has 6 rings (SSSR count). The van der Waals surface area contributed by atoms with Crippen LogP contribution in [-0.2, 0) is 32.2 Å². The number of hydrogen-bond donors (Lipinski definition) is 3. The summed E-state index contributed by atoms with van der Waals surface area (Å²) < 4.78 is 17.0. The second-order valence-electron chi connectivity index (χ2n) is 14.7. The van der Waals surface area contributed by atoms with Crippen LogP contribution in [0.5, 0.6) is 5.75 Å². The number of nitrogens with zero attached hydrogens (tertiary/aromatic N) is 2. The first-order chi connectivity index (χ1) is 25.9. The molecule has 0 aromatic heterocycles. The number of alkyl carbamates (subject to hydrolysis) is 1. The maximum atomic E-state index is 14.2. The predicted molar refractivity (Wildman–Crippen MR) is 203 cm³/mol. The van der Waals surface area contributed by atoms with Crippen molar-refractivity contribution in [2.75, 3.05) is 23.7 Å². The Hall–Kier alpha value is -5.24. The van der Waals surface area contributed by atoms with Gasteiger partial charge in [0.05, 0.1) is 24.3 Å². The first kappa shape index (κ1) is 38.5. The van der Waals surface area contributed by atoms with E-state index in [1.165, 1.54) is 16.7 Å². The predicted octanol–water partition coefficient (Wildman–Crippen LogP) is 5.96. The maximum Gasteiger partial charge on any atom is 0.410 e. The highest BCUT2D eigenvalue weighted by Gasteiger charge is 2.35. The van der Waals surface area contributed by atoms with Crippen molar-refractivity contribution < 1.29 is 38.2 Å². The van der Waals surface area contributed by atoms with Crippen LogP contribution in [0.1, 0.15) is 74.4 Å². The Labute approximate surface area is 319 Å². The number of ether oxygens (including phenoxy) is 3. The van der Waals surface area contributed by atoms with E-state index in [4.69, 9.17) is 14.2 Å². The van der Waals surface area contributed by atoms with Gasteiger partial charge in [-0.2, -0.15) is 0 Å². The van der Waals surface area contributed by atoms with Gasteiger partial charge in [-0.25, -0.2) is 9.59 Å². The number of hydrazine groups is 1. The number of fused-ring (bicyclic) bond motifs is 1. The van der Waals surface area contributed by atoms with E-state index in [0.29, 0.717) is 18.7 Å². The molecule has 5 amide bonds. The molecule has 0 bridgehead atoms. The van der Waals surface area contributed by atoms with Crippen LogP contribution < -0.4 is 25.8 Å². The third-order valence-corrected chi connectivity index (χ3v) is 10.5. The Balaban J connectivity index is 1.11. The summed E-state index contributed by atoms with van der Waals surface area (Å²) in [4.78, 5) is 69.7. The maximum absolute atomic E-state index is 14.2. The van der Waals surface area contributed by atoms with Gasteiger partial charge >= 0.3 is 12.2 Å². The molecule has 2 heterocycles. The SMILES string of the molecule is CC(C)(C)OC(=O)N[C@H]1CSc2ccc(C(=O)NNC(=O)C3CCN(C(=O)OCc4ccccc4)C3)cc2N(Cc2ccc(OC3CCCC3)cc2)C1=O. The summed E-state index contributed by atoms with van der Waals surface area (Å²) in [5.41, 5.74) is 6.62. The number of benzene rings is 3. The van der Waals surface area contributed by atoms with Gasteiger partial charge < -0.3 is 29.3 Å². The molecule has 286 valence electrons. The van der Waals surface area contributed by atoms with Crippen molar-refractivity contribution in [2.24, 2.45) is 5.92 Å². The van der Waals surface area contributed by atoms with Gasteiger partial charge in [0.2, 0.25) is 5.91 Å². The van der Waals surface area contributed by atoms with E-state index < -0.39 is 41.6 Å². The van der Waals surface area contributed by atoms with Crippen LogP contribution in [-0.4, -0.2) is 71.4 Å². The molecule has 3 N–H and O–H groups in total. The van der Waals surface area contributed by atoms with Crippen LogP contribution in [0, 0.1) is 5.92 Å². The van der Waals surface area contributed by atoms with Crippen LogP contribution in [0.4, 0.5) is 15.3 Å². The summed E-state index contributed by atoms with van der Waals surface area (Å²) in [6.07, 6.45) is 3.82. The molecule has 1 saturated carbocycles. The van der Waals surface area contributed by atoms with Crippen molar-refractivity contribution in [3.05, 3.63) is 89.5 Å². The molecule has 14 heteroatoms. The number of hydrogen-bond acceptors (Lipinski definition) is 9. The van der Waals surface area contributed by atoms with E-state index in [9.17, 15) is 24.0 Å². The smallest absolute Gasteiger partial charge is 0.410 e. The van der Waals surface area contributed by atoms with E-state index in [2.05, 4.69) is 16.2 Å². The zero-order chi connectivity index (χ0) is 38.2. The van der Waals surface area contributed by atoms with Crippen LogP contribution in [0.15, 0.2) is 77.7 Å². The fourth-order valence-corrected chi connectivity index (χ4v) is 7.61. The molecule has 3 aromatic rings. The monoisotopic (exact) mass is 757 g/mol. The zero-order valence-corrected chi connectivity index (χ0v) is 31.6. The number of rotatable bonds is 9. The lowest BCUT2D eigenvalue weighted by atomic mass is 10.1. The average molecular weight is 758 g/mol. The molecule has 1 saturated heterocycles. The summed E-state index contributed by atoms with van der Waals surface area (Å²) in [7, 11) is 0. The van der Waals surface area contributed by atoms with E-state index in [0.717, 1.165) is 47.5 Å². The summed E-state index contributed by atoms with van der Waals surface area (Å²) in [6.45, 7) is 6.06. The summed E-state index contributed by atoms with van der Waals surface area (Å²) in [5.74, 6) is -0.896. The first-order valence-electron chi connectivity index (χ1n) is 18.3. The van der Waals surface area contributed by atoms with Crippen molar-refractivity contribution >= 4 is 47.4 Å². The van der Waals surface area contributed by atoms with E-state index in [1.807, 2.05) is 54.6 Å². The molecule has 0 spiro atoms. The van der Waals surface area contributed by atoms with Gasteiger partial charge in [-0.05, 0) is 94.3 Å². The van der Waals surface area contributed by atoms with Crippen molar-refractivity contribution in [2.45, 2.75) is 88.7 Å². The van der Waals surface area contributed by atoms with Gasteiger partial charge in [-0.1, -0.05) is 42.5 Å². The minimum absolute atomic E-state index is 0.133. The fraction of sp³-hybridized carbons (Fsp3) is 0.425. The van der Waals surface area contributed by atoms with Crippen molar-refractivity contribution in [1.29, 1.82) is 0 Å². The minimum Gasteiger partial charge on any atom is -0.490 e. The number of nitrogens with one attached hydrogen (secondary N) is 3. The molecule has 3 aliphatic rings. The third-order valence-electron chi connectivity index (χ3n) is 9.36. The topological polar surface area (TPSA) is 156 Å². The third kappa shape index (κ3) is 10.2. The van der Waals surface area contributed by atoms with Crippen molar-refractivity contribution in [3.8, 4) is 5.75 Å². The normalized spacial score (nSPS) is 18.7. The zero-order valence-electron chi connectivity index (χ0n) is 30.8. The van der Waals surface area contributed by atoms with Gasteiger partial charge in [0.25, 0.3) is 11.8 Å². The van der Waals surface area contributed by atoms with Crippen LogP contribution >= 0.6 is 11.8 Å². The Morgan fingerprint density at radius 3 is 2.35 bits per heavy atom. The standard InChI is InChI=1S/C40H47N5O8S/c1-40(2,3)53-38(49)41-32-25-54-34-18-15-28(21-33(34)45(37(32)48)22-26-13-16-31(17-14-26)52-30-11-7-8-12-30)35(46)42-43-36(47)29-19-20-44(23-29)39(50)51-24-27-9-5-4-6-10-27/h4-6,9-10,13-18,21,29-30,32H,7-8,11-12,19-20,22-25H2,1-3H3,(H,41,49)(H,42,46)(H,43,47)/t29?,32-/m0/s1. The quantitative estimate of drug-likeness (QED) is 0.224. The molecule has 13 nitrogen and oxygen atoms in total. The number of thioether (sulfide) groups is 1.